The zero-order chi connectivity index (χ0) is 24.9. The summed E-state index contributed by atoms with van der Waals surface area (Å²) >= 11 is 0. The number of carbonyl (C=O) groups is 2. The van der Waals surface area contributed by atoms with Gasteiger partial charge >= 0.3 is 5.97 Å². The monoisotopic (exact) mass is 484 g/mol. The van der Waals surface area contributed by atoms with E-state index in [1.54, 1.807) is 4.90 Å². The normalized spacial score (nSPS) is 22.1. The first-order valence-corrected chi connectivity index (χ1v) is 11.3. The molecule has 3 aliphatic rings. The molecule has 2 aromatic carbocycles. The van der Waals surface area contributed by atoms with Crippen molar-refractivity contribution < 1.29 is 28.4 Å². The minimum atomic E-state index is -2.31. The molecule has 1 atom stereocenters. The number of hydrogen-bond donors (Lipinski definition) is 1. The van der Waals surface area contributed by atoms with Crippen LogP contribution in [0, 0.1) is 21.7 Å². The summed E-state index contributed by atoms with van der Waals surface area (Å²) in [6.07, 6.45) is 4.13. The van der Waals surface area contributed by atoms with Gasteiger partial charge in [-0.05, 0) is 49.4 Å². The maximum absolute atomic E-state index is 15.8. The number of ketones is 1. The van der Waals surface area contributed by atoms with Gasteiger partial charge in [0, 0.05) is 37.5 Å². The van der Waals surface area contributed by atoms with E-state index in [2.05, 4.69) is 4.99 Å². The van der Waals surface area contributed by atoms with E-state index < -0.39 is 40.4 Å². The van der Waals surface area contributed by atoms with E-state index >= 15 is 8.78 Å². The standard InChI is InChI=1S/C24H22F2N4O5/c25-18-11-17-20(19(26)21(18)28-9-1-2-10-28)29(15-7-8-15)13-24(22(17)31,23(32)33)27-12-14-3-5-16(6-4-14)30(34)35/h3-6,11-12,15H,1-2,7-10,13H2,(H,32,33). The van der Waals surface area contributed by atoms with Crippen LogP contribution in [0.4, 0.5) is 25.8 Å². The molecule has 35 heavy (non-hydrogen) atoms. The molecule has 2 aromatic rings. The van der Waals surface area contributed by atoms with Gasteiger partial charge in [0.05, 0.1) is 22.7 Å². The fraction of sp³-hybridized carbons (Fsp3) is 0.375. The van der Waals surface area contributed by atoms with Crippen molar-refractivity contribution in [1.82, 2.24) is 0 Å². The molecule has 0 radical (unpaired) electrons. The number of aliphatic carboxylic acids is 1. The molecule has 2 fully saturated rings. The number of aliphatic imine (C=N–C) groups is 1. The lowest BCUT2D eigenvalue weighted by atomic mass is 9.83. The van der Waals surface area contributed by atoms with Gasteiger partial charge in [-0.15, -0.1) is 0 Å². The van der Waals surface area contributed by atoms with Crippen LogP contribution in [0.5, 0.6) is 0 Å². The number of carbonyl (C=O) groups excluding carboxylic acids is 1. The van der Waals surface area contributed by atoms with Gasteiger partial charge in [-0.25, -0.2) is 13.6 Å². The Morgan fingerprint density at radius 3 is 2.40 bits per heavy atom. The minimum Gasteiger partial charge on any atom is -0.479 e. The van der Waals surface area contributed by atoms with Gasteiger partial charge in [-0.3, -0.25) is 19.9 Å². The van der Waals surface area contributed by atoms with E-state index in [1.165, 1.54) is 29.2 Å². The molecule has 1 aliphatic carbocycles. The highest BCUT2D eigenvalue weighted by Gasteiger charge is 2.55. The second kappa shape index (κ2) is 8.40. The number of rotatable bonds is 6. The zero-order valence-corrected chi connectivity index (χ0v) is 18.6. The SMILES string of the molecule is O=C(O)C1(N=Cc2ccc([N+](=O)[O-])cc2)CN(C2CC2)c2c(cc(F)c(N3CCCC3)c2F)C1=O. The van der Waals surface area contributed by atoms with Crippen LogP contribution in [0.15, 0.2) is 35.3 Å². The maximum Gasteiger partial charge on any atom is 0.341 e. The number of nitro groups is 1. The van der Waals surface area contributed by atoms with Crippen LogP contribution in [0.1, 0.15) is 41.6 Å². The van der Waals surface area contributed by atoms with Crippen molar-refractivity contribution in [3.63, 3.8) is 0 Å². The summed E-state index contributed by atoms with van der Waals surface area (Å²) in [6.45, 7) is 0.607. The highest BCUT2D eigenvalue weighted by molar-refractivity contribution is 6.21. The topological polar surface area (TPSA) is 116 Å². The van der Waals surface area contributed by atoms with E-state index in [4.69, 9.17) is 0 Å². The average molecular weight is 484 g/mol. The molecule has 182 valence electrons. The van der Waals surface area contributed by atoms with Crippen molar-refractivity contribution in [3.8, 4) is 0 Å². The van der Waals surface area contributed by atoms with E-state index in [9.17, 15) is 24.8 Å². The molecule has 11 heteroatoms. The first-order chi connectivity index (χ1) is 16.7. The Balaban J connectivity index is 1.60. The van der Waals surface area contributed by atoms with Crippen molar-refractivity contribution in [3.05, 3.63) is 63.2 Å². The zero-order valence-electron chi connectivity index (χ0n) is 18.6. The Bertz CT molecular complexity index is 1260. The van der Waals surface area contributed by atoms with Gasteiger partial charge in [0.1, 0.15) is 11.5 Å². The number of fused-ring (bicyclic) bond motifs is 1. The number of Topliss-reactive ketones (excluding diaryl/α,β-unsaturated/α-hetero) is 1. The van der Waals surface area contributed by atoms with Crippen LogP contribution in [-0.2, 0) is 4.79 Å². The molecular weight excluding hydrogens is 462 g/mol. The molecule has 2 aliphatic heterocycles. The van der Waals surface area contributed by atoms with E-state index in [0.717, 1.165) is 25.1 Å². The molecule has 5 rings (SSSR count). The summed E-state index contributed by atoms with van der Waals surface area (Å²) in [7, 11) is 0. The summed E-state index contributed by atoms with van der Waals surface area (Å²) < 4.78 is 30.9. The second-order valence-corrected chi connectivity index (χ2v) is 9.07. The number of halogens is 2. The Kier molecular flexibility index (Phi) is 5.49. The predicted octanol–water partition coefficient (Wildman–Crippen LogP) is 3.58. The lowest BCUT2D eigenvalue weighted by Crippen LogP contribution is -2.58. The highest BCUT2D eigenvalue weighted by atomic mass is 19.1. The Morgan fingerprint density at radius 2 is 1.83 bits per heavy atom. The first kappa shape index (κ1) is 22.9. The van der Waals surface area contributed by atoms with Gasteiger partial charge < -0.3 is 14.9 Å². The van der Waals surface area contributed by atoms with Crippen LogP contribution < -0.4 is 9.80 Å². The quantitative estimate of drug-likeness (QED) is 0.288. The third-order valence-corrected chi connectivity index (χ3v) is 6.78. The first-order valence-electron chi connectivity index (χ1n) is 11.3. The minimum absolute atomic E-state index is 0.0665. The molecular formula is C24H22F2N4O5. The lowest BCUT2D eigenvalue weighted by Gasteiger charge is -2.40. The molecule has 0 aromatic heterocycles. The highest BCUT2D eigenvalue weighted by Crippen LogP contribution is 2.46. The molecule has 1 saturated carbocycles. The van der Waals surface area contributed by atoms with Gasteiger partial charge in [-0.2, -0.15) is 0 Å². The number of benzene rings is 2. The van der Waals surface area contributed by atoms with Crippen molar-refractivity contribution in [2.75, 3.05) is 29.4 Å². The maximum atomic E-state index is 15.8. The van der Waals surface area contributed by atoms with E-state index in [0.29, 0.717) is 31.5 Å². The lowest BCUT2D eigenvalue weighted by molar-refractivity contribution is -0.384. The van der Waals surface area contributed by atoms with Gasteiger partial charge in [0.25, 0.3) is 5.69 Å². The number of nitro benzene ring substituents is 1. The third-order valence-electron chi connectivity index (χ3n) is 6.78. The van der Waals surface area contributed by atoms with Crippen molar-refractivity contribution in [1.29, 1.82) is 0 Å². The summed E-state index contributed by atoms with van der Waals surface area (Å²) in [4.78, 5) is 43.5. The van der Waals surface area contributed by atoms with Gasteiger partial charge in [-0.1, -0.05) is 0 Å². The van der Waals surface area contributed by atoms with Crippen LogP contribution in [-0.4, -0.2) is 59.2 Å². The summed E-state index contributed by atoms with van der Waals surface area (Å²) in [5.41, 5.74) is -2.72. The number of hydrogen-bond acceptors (Lipinski definition) is 7. The molecule has 0 bridgehead atoms. The molecule has 2 heterocycles. The van der Waals surface area contributed by atoms with Crippen molar-refractivity contribution in [2.24, 2.45) is 4.99 Å². The van der Waals surface area contributed by atoms with Gasteiger partial charge in [0.15, 0.2) is 5.82 Å². The number of carboxylic acids is 1. The number of nitrogens with zero attached hydrogens (tertiary/aromatic N) is 4. The summed E-state index contributed by atoms with van der Waals surface area (Å²) in [5, 5.41) is 21.0. The predicted molar refractivity (Wildman–Crippen MR) is 124 cm³/mol. The van der Waals surface area contributed by atoms with Gasteiger partial charge in [0.2, 0.25) is 11.3 Å². The average Bonchev–Trinajstić information content (AvgIpc) is 3.54. The molecule has 1 N–H and O–H groups in total. The molecule has 0 amide bonds. The van der Waals surface area contributed by atoms with Crippen LogP contribution in [0.2, 0.25) is 0 Å². The Hall–Kier alpha value is -3.89. The van der Waals surface area contributed by atoms with Crippen LogP contribution >= 0.6 is 0 Å². The largest absolute Gasteiger partial charge is 0.479 e. The van der Waals surface area contributed by atoms with Crippen LogP contribution in [0.25, 0.3) is 0 Å². The number of non-ortho nitro benzene ring substituents is 1. The van der Waals surface area contributed by atoms with E-state index in [-0.39, 0.29) is 28.7 Å². The van der Waals surface area contributed by atoms with Crippen molar-refractivity contribution >= 4 is 35.0 Å². The smallest absolute Gasteiger partial charge is 0.341 e. The Morgan fingerprint density at radius 1 is 1.17 bits per heavy atom. The fourth-order valence-corrected chi connectivity index (χ4v) is 4.79. The Labute approximate surface area is 198 Å². The second-order valence-electron chi connectivity index (χ2n) is 9.07. The third kappa shape index (κ3) is 3.80. The molecule has 1 saturated heterocycles. The molecule has 1 unspecified atom stereocenters. The van der Waals surface area contributed by atoms with Crippen LogP contribution in [0.3, 0.4) is 0 Å². The molecule has 9 nitrogen and oxygen atoms in total. The fourth-order valence-electron chi connectivity index (χ4n) is 4.79. The molecule has 0 spiro atoms. The number of anilines is 2. The summed E-state index contributed by atoms with van der Waals surface area (Å²) in [6, 6.07) is 5.96. The van der Waals surface area contributed by atoms with Crippen molar-refractivity contribution in [2.45, 2.75) is 37.3 Å². The number of carboxylic acid groups (broad SMARTS) is 1. The summed E-state index contributed by atoms with van der Waals surface area (Å²) in [5.74, 6) is -4.30. The van der Waals surface area contributed by atoms with E-state index in [1.807, 2.05) is 0 Å².